The first-order chi connectivity index (χ1) is 8.09. The smallest absolute Gasteiger partial charge is 0.220 e. The molecule has 1 aromatic heterocycles. The van der Waals surface area contributed by atoms with Gasteiger partial charge in [-0.3, -0.25) is 9.78 Å². The number of aliphatic hydroxyl groups is 1. The van der Waals surface area contributed by atoms with Crippen LogP contribution in [-0.4, -0.2) is 28.1 Å². The van der Waals surface area contributed by atoms with Crippen molar-refractivity contribution in [1.82, 2.24) is 10.3 Å². The molecule has 1 rings (SSSR count). The van der Waals surface area contributed by atoms with Crippen molar-refractivity contribution >= 4 is 5.91 Å². The van der Waals surface area contributed by atoms with Gasteiger partial charge in [0.2, 0.25) is 5.91 Å². The Bertz CT molecular complexity index is 348. The molecule has 4 nitrogen and oxygen atoms in total. The normalized spacial score (nSPS) is 14.1. The van der Waals surface area contributed by atoms with Crippen LogP contribution in [0.5, 0.6) is 0 Å². The van der Waals surface area contributed by atoms with E-state index in [0.29, 0.717) is 19.3 Å². The van der Waals surface area contributed by atoms with Crippen LogP contribution in [0, 0.1) is 0 Å². The van der Waals surface area contributed by atoms with Gasteiger partial charge in [0.25, 0.3) is 0 Å². The third kappa shape index (κ3) is 4.53. The third-order valence-electron chi connectivity index (χ3n) is 2.93. The molecule has 1 unspecified atom stereocenters. The Labute approximate surface area is 102 Å². The summed E-state index contributed by atoms with van der Waals surface area (Å²) in [4.78, 5) is 15.7. The number of aliphatic hydroxyl groups excluding tert-OH is 1. The van der Waals surface area contributed by atoms with E-state index in [0.717, 1.165) is 5.56 Å². The maximum Gasteiger partial charge on any atom is 0.220 e. The number of aryl methyl sites for hydroxylation is 1. The number of amides is 1. The van der Waals surface area contributed by atoms with E-state index < -0.39 is 5.54 Å². The summed E-state index contributed by atoms with van der Waals surface area (Å²) >= 11 is 0. The number of nitrogens with one attached hydrogen (secondary N) is 1. The van der Waals surface area contributed by atoms with Gasteiger partial charge < -0.3 is 10.4 Å². The quantitative estimate of drug-likeness (QED) is 0.782. The number of nitrogens with zero attached hydrogens (tertiary/aromatic N) is 1. The van der Waals surface area contributed by atoms with E-state index in [4.69, 9.17) is 0 Å². The Balaban J connectivity index is 2.40. The number of carbonyl (C=O) groups is 1. The Morgan fingerprint density at radius 3 is 2.88 bits per heavy atom. The zero-order chi connectivity index (χ0) is 12.7. The number of aromatic nitrogens is 1. The molecule has 0 saturated carbocycles. The zero-order valence-electron chi connectivity index (χ0n) is 10.4. The highest BCUT2D eigenvalue weighted by Gasteiger charge is 2.22. The summed E-state index contributed by atoms with van der Waals surface area (Å²) in [5.74, 6) is -0.0350. The van der Waals surface area contributed by atoms with Gasteiger partial charge in [-0.15, -0.1) is 0 Å². The first-order valence-corrected chi connectivity index (χ1v) is 5.90. The van der Waals surface area contributed by atoms with Gasteiger partial charge in [0.05, 0.1) is 12.1 Å². The van der Waals surface area contributed by atoms with Crippen molar-refractivity contribution in [2.24, 2.45) is 0 Å². The summed E-state index contributed by atoms with van der Waals surface area (Å²) in [6.07, 6.45) is 5.27. The minimum atomic E-state index is -0.508. The summed E-state index contributed by atoms with van der Waals surface area (Å²) in [6.45, 7) is 3.74. The molecule has 0 radical (unpaired) electrons. The molecule has 0 spiro atoms. The van der Waals surface area contributed by atoms with E-state index in [2.05, 4.69) is 10.3 Å². The van der Waals surface area contributed by atoms with E-state index in [-0.39, 0.29) is 12.5 Å². The molecule has 4 heteroatoms. The van der Waals surface area contributed by atoms with Crippen LogP contribution in [0.15, 0.2) is 24.5 Å². The van der Waals surface area contributed by atoms with Gasteiger partial charge in [0.15, 0.2) is 0 Å². The maximum atomic E-state index is 11.7. The maximum absolute atomic E-state index is 11.7. The van der Waals surface area contributed by atoms with Gasteiger partial charge in [-0.05, 0) is 31.4 Å². The lowest BCUT2D eigenvalue weighted by Crippen LogP contribution is -2.48. The molecule has 1 atom stereocenters. The predicted octanol–water partition coefficient (Wildman–Crippen LogP) is 1.29. The molecule has 0 fully saturated rings. The number of carbonyl (C=O) groups excluding carboxylic acids is 1. The molecule has 0 saturated heterocycles. The van der Waals surface area contributed by atoms with Crippen LogP contribution in [0.4, 0.5) is 0 Å². The summed E-state index contributed by atoms with van der Waals surface area (Å²) < 4.78 is 0. The van der Waals surface area contributed by atoms with Gasteiger partial charge in [-0.2, -0.15) is 0 Å². The van der Waals surface area contributed by atoms with Crippen molar-refractivity contribution in [2.75, 3.05) is 6.61 Å². The summed E-state index contributed by atoms with van der Waals surface area (Å²) in [6, 6.07) is 3.81. The minimum Gasteiger partial charge on any atom is -0.394 e. The van der Waals surface area contributed by atoms with Crippen molar-refractivity contribution in [3.05, 3.63) is 30.1 Å². The summed E-state index contributed by atoms with van der Waals surface area (Å²) in [7, 11) is 0. The number of pyridine rings is 1. The van der Waals surface area contributed by atoms with E-state index in [9.17, 15) is 9.90 Å². The van der Waals surface area contributed by atoms with Crippen molar-refractivity contribution in [3.8, 4) is 0 Å². The highest BCUT2D eigenvalue weighted by molar-refractivity contribution is 5.77. The van der Waals surface area contributed by atoms with Crippen LogP contribution >= 0.6 is 0 Å². The molecule has 17 heavy (non-hydrogen) atoms. The molecule has 1 heterocycles. The van der Waals surface area contributed by atoms with Gasteiger partial charge >= 0.3 is 0 Å². The van der Waals surface area contributed by atoms with Crippen LogP contribution in [0.3, 0.4) is 0 Å². The lowest BCUT2D eigenvalue weighted by Gasteiger charge is -2.27. The molecule has 0 aromatic carbocycles. The van der Waals surface area contributed by atoms with Crippen LogP contribution in [0.25, 0.3) is 0 Å². The molecule has 94 valence electrons. The molecule has 0 aliphatic heterocycles. The monoisotopic (exact) mass is 236 g/mol. The van der Waals surface area contributed by atoms with Crippen LogP contribution in [0.2, 0.25) is 0 Å². The van der Waals surface area contributed by atoms with Crippen molar-refractivity contribution in [2.45, 2.75) is 38.6 Å². The van der Waals surface area contributed by atoms with Gasteiger partial charge in [-0.1, -0.05) is 13.0 Å². The Hall–Kier alpha value is -1.42. The lowest BCUT2D eigenvalue weighted by molar-refractivity contribution is -0.123. The van der Waals surface area contributed by atoms with Gasteiger partial charge in [0, 0.05) is 18.8 Å². The van der Waals surface area contributed by atoms with E-state index in [1.54, 1.807) is 12.4 Å². The lowest BCUT2D eigenvalue weighted by atomic mass is 10.00. The van der Waals surface area contributed by atoms with Crippen molar-refractivity contribution in [1.29, 1.82) is 0 Å². The molecule has 0 bridgehead atoms. The summed E-state index contributed by atoms with van der Waals surface area (Å²) in [5.41, 5.74) is 0.538. The Morgan fingerprint density at radius 1 is 1.59 bits per heavy atom. The highest BCUT2D eigenvalue weighted by Crippen LogP contribution is 2.08. The second kappa shape index (κ2) is 6.35. The standard InChI is InChI=1S/C13H20N2O2/c1-3-13(2,10-16)15-12(17)7-6-11-5-4-8-14-9-11/h4-5,8-9,16H,3,6-7,10H2,1-2H3,(H,15,17). The first-order valence-electron chi connectivity index (χ1n) is 5.90. The number of hydrogen-bond donors (Lipinski definition) is 2. The molecule has 1 amide bonds. The van der Waals surface area contributed by atoms with Crippen molar-refractivity contribution < 1.29 is 9.90 Å². The highest BCUT2D eigenvalue weighted by atomic mass is 16.3. The molecule has 1 aromatic rings. The topological polar surface area (TPSA) is 62.2 Å². The molecule has 2 N–H and O–H groups in total. The van der Waals surface area contributed by atoms with Gasteiger partial charge in [-0.25, -0.2) is 0 Å². The van der Waals surface area contributed by atoms with Crippen LogP contribution in [0.1, 0.15) is 32.3 Å². The molecule has 0 aliphatic carbocycles. The van der Waals surface area contributed by atoms with Gasteiger partial charge in [0.1, 0.15) is 0 Å². The fourth-order valence-electron chi connectivity index (χ4n) is 1.44. The number of rotatable bonds is 6. The fraction of sp³-hybridized carbons (Fsp3) is 0.538. The van der Waals surface area contributed by atoms with E-state index in [1.807, 2.05) is 26.0 Å². The molecular weight excluding hydrogens is 216 g/mol. The van der Waals surface area contributed by atoms with Crippen LogP contribution in [-0.2, 0) is 11.2 Å². The number of hydrogen-bond acceptors (Lipinski definition) is 3. The zero-order valence-corrected chi connectivity index (χ0v) is 10.4. The second-order valence-corrected chi connectivity index (χ2v) is 4.48. The van der Waals surface area contributed by atoms with Crippen LogP contribution < -0.4 is 5.32 Å². The van der Waals surface area contributed by atoms with E-state index in [1.165, 1.54) is 0 Å². The fourth-order valence-corrected chi connectivity index (χ4v) is 1.44. The largest absolute Gasteiger partial charge is 0.394 e. The average Bonchev–Trinajstić information content (AvgIpc) is 2.37. The SMILES string of the molecule is CCC(C)(CO)NC(=O)CCc1cccnc1. The predicted molar refractivity (Wildman–Crippen MR) is 66.5 cm³/mol. The second-order valence-electron chi connectivity index (χ2n) is 4.48. The third-order valence-corrected chi connectivity index (χ3v) is 2.93. The van der Waals surface area contributed by atoms with E-state index >= 15 is 0 Å². The average molecular weight is 236 g/mol. The Kier molecular flexibility index (Phi) is 5.10. The minimum absolute atomic E-state index is 0.0350. The first kappa shape index (κ1) is 13.6. The summed E-state index contributed by atoms with van der Waals surface area (Å²) in [5, 5.41) is 12.0. The van der Waals surface area contributed by atoms with Crippen molar-refractivity contribution in [3.63, 3.8) is 0 Å². The molecular formula is C13H20N2O2. The molecule has 0 aliphatic rings. The Morgan fingerprint density at radius 2 is 2.35 bits per heavy atom.